The van der Waals surface area contributed by atoms with Gasteiger partial charge in [0.1, 0.15) is 0 Å². The van der Waals surface area contributed by atoms with Gasteiger partial charge in [-0.2, -0.15) is 12.6 Å². The molecule has 0 aromatic rings. The number of thiol groups is 1. The largest absolute Gasteiger partial charge is 0.481 e. The highest BCUT2D eigenvalue weighted by Crippen LogP contribution is 2.03. The summed E-state index contributed by atoms with van der Waals surface area (Å²) >= 11 is 3.95. The van der Waals surface area contributed by atoms with E-state index in [0.717, 1.165) is 12.8 Å². The summed E-state index contributed by atoms with van der Waals surface area (Å²) < 4.78 is 0. The lowest BCUT2D eigenvalue weighted by Crippen LogP contribution is -2.11. The van der Waals surface area contributed by atoms with E-state index in [1.54, 1.807) is 0 Å². The van der Waals surface area contributed by atoms with Crippen LogP contribution in [0.3, 0.4) is 0 Å². The molecule has 0 heterocycles. The van der Waals surface area contributed by atoms with Gasteiger partial charge in [0.15, 0.2) is 0 Å². The molecule has 0 aliphatic carbocycles. The maximum atomic E-state index is 9.99. The summed E-state index contributed by atoms with van der Waals surface area (Å²) in [5, 5.41) is 8.13. The summed E-state index contributed by atoms with van der Waals surface area (Å²) in [6, 6.07) is 0. The smallest absolute Gasteiger partial charge is 0.303 e. The van der Waals surface area contributed by atoms with Crippen LogP contribution in [-0.4, -0.2) is 16.4 Å². The van der Waals surface area contributed by atoms with Gasteiger partial charge in [0.2, 0.25) is 0 Å². The van der Waals surface area contributed by atoms with E-state index in [-0.39, 0.29) is 11.8 Å². The van der Waals surface area contributed by atoms with Crippen molar-refractivity contribution in [3.8, 4) is 0 Å². The first-order valence-electron chi connectivity index (χ1n) is 3.28. The molecule has 0 radical (unpaired) electrons. The fourth-order valence-corrected chi connectivity index (χ4v) is 0.812. The first-order chi connectivity index (χ1) is 4.63. The standard InChI is InChI=1S/C6H13NO2S/c7-5(10)3-1-2-4-6(8)9/h5,10H,1-4,7H2,(H,8,9). The van der Waals surface area contributed by atoms with E-state index in [1.165, 1.54) is 0 Å². The van der Waals surface area contributed by atoms with Crippen LogP contribution in [-0.2, 0) is 4.79 Å². The van der Waals surface area contributed by atoms with Crippen molar-refractivity contribution in [3.63, 3.8) is 0 Å². The number of hydrogen-bond donors (Lipinski definition) is 3. The lowest BCUT2D eigenvalue weighted by molar-refractivity contribution is -0.137. The molecule has 4 heteroatoms. The summed E-state index contributed by atoms with van der Waals surface area (Å²) in [5.74, 6) is -0.743. The molecule has 10 heavy (non-hydrogen) atoms. The summed E-state index contributed by atoms with van der Waals surface area (Å²) in [6.07, 6.45) is 2.57. The van der Waals surface area contributed by atoms with E-state index in [9.17, 15) is 4.79 Å². The summed E-state index contributed by atoms with van der Waals surface area (Å²) in [4.78, 5) is 9.99. The maximum Gasteiger partial charge on any atom is 0.303 e. The van der Waals surface area contributed by atoms with Crippen LogP contribution in [0.25, 0.3) is 0 Å². The predicted octanol–water partition coefficient (Wildman–Crippen LogP) is 0.846. The molecule has 0 saturated carbocycles. The maximum absolute atomic E-state index is 9.99. The molecule has 0 aromatic heterocycles. The molecule has 0 spiro atoms. The molecule has 0 aromatic carbocycles. The Balaban J connectivity index is 2.98. The monoisotopic (exact) mass is 163 g/mol. The number of hydrogen-bond acceptors (Lipinski definition) is 3. The van der Waals surface area contributed by atoms with Crippen LogP contribution in [0.15, 0.2) is 0 Å². The van der Waals surface area contributed by atoms with Crippen molar-refractivity contribution in [2.45, 2.75) is 31.1 Å². The second-order valence-electron chi connectivity index (χ2n) is 2.21. The molecule has 0 fully saturated rings. The third-order valence-electron chi connectivity index (χ3n) is 1.14. The Hall–Kier alpha value is -0.220. The zero-order valence-electron chi connectivity index (χ0n) is 5.79. The van der Waals surface area contributed by atoms with Gasteiger partial charge in [-0.3, -0.25) is 4.79 Å². The van der Waals surface area contributed by atoms with E-state index < -0.39 is 5.97 Å². The number of carboxylic acids is 1. The molecular formula is C6H13NO2S. The number of aliphatic carboxylic acids is 1. The fourth-order valence-electron chi connectivity index (χ4n) is 0.630. The van der Waals surface area contributed by atoms with Gasteiger partial charge in [0.25, 0.3) is 0 Å². The molecule has 3 N–H and O–H groups in total. The van der Waals surface area contributed by atoms with Crippen molar-refractivity contribution in [2.75, 3.05) is 0 Å². The van der Waals surface area contributed by atoms with E-state index >= 15 is 0 Å². The second-order valence-corrected chi connectivity index (χ2v) is 2.87. The Morgan fingerprint density at radius 1 is 1.60 bits per heavy atom. The molecule has 60 valence electrons. The minimum atomic E-state index is -0.743. The van der Waals surface area contributed by atoms with Crippen LogP contribution in [0, 0.1) is 0 Å². The van der Waals surface area contributed by atoms with Crippen LogP contribution >= 0.6 is 12.6 Å². The molecular weight excluding hydrogens is 150 g/mol. The average Bonchev–Trinajstić information content (AvgIpc) is 1.79. The van der Waals surface area contributed by atoms with E-state index in [2.05, 4.69) is 12.6 Å². The van der Waals surface area contributed by atoms with Crippen molar-refractivity contribution < 1.29 is 9.90 Å². The Kier molecular flexibility index (Phi) is 5.43. The van der Waals surface area contributed by atoms with Crippen molar-refractivity contribution >= 4 is 18.6 Å². The Bertz CT molecular complexity index is 106. The van der Waals surface area contributed by atoms with Crippen molar-refractivity contribution in [3.05, 3.63) is 0 Å². The SMILES string of the molecule is NC(S)CCCCC(=O)O. The Morgan fingerprint density at radius 3 is 2.60 bits per heavy atom. The van der Waals surface area contributed by atoms with Crippen LogP contribution in [0.5, 0.6) is 0 Å². The normalized spacial score (nSPS) is 13.0. The van der Waals surface area contributed by atoms with Crippen LogP contribution in [0.4, 0.5) is 0 Å². The van der Waals surface area contributed by atoms with Crippen molar-refractivity contribution in [1.29, 1.82) is 0 Å². The number of carbonyl (C=O) groups is 1. The average molecular weight is 163 g/mol. The molecule has 3 nitrogen and oxygen atoms in total. The van der Waals surface area contributed by atoms with Crippen LogP contribution < -0.4 is 5.73 Å². The van der Waals surface area contributed by atoms with E-state index in [1.807, 2.05) is 0 Å². The fraction of sp³-hybridized carbons (Fsp3) is 0.833. The van der Waals surface area contributed by atoms with Gasteiger partial charge in [-0.05, 0) is 12.8 Å². The zero-order chi connectivity index (χ0) is 7.98. The number of rotatable bonds is 5. The number of carboxylic acid groups (broad SMARTS) is 1. The molecule has 0 bridgehead atoms. The summed E-state index contributed by atoms with van der Waals surface area (Å²) in [7, 11) is 0. The first-order valence-corrected chi connectivity index (χ1v) is 3.80. The number of unbranched alkanes of at least 4 members (excludes halogenated alkanes) is 1. The molecule has 0 rings (SSSR count). The van der Waals surface area contributed by atoms with Gasteiger partial charge < -0.3 is 10.8 Å². The van der Waals surface area contributed by atoms with Gasteiger partial charge >= 0.3 is 5.97 Å². The quantitative estimate of drug-likeness (QED) is 0.320. The van der Waals surface area contributed by atoms with Crippen LogP contribution in [0.1, 0.15) is 25.7 Å². The van der Waals surface area contributed by atoms with Gasteiger partial charge in [0.05, 0.1) is 0 Å². The molecule has 0 aliphatic rings. The topological polar surface area (TPSA) is 63.3 Å². The first kappa shape index (κ1) is 9.78. The molecule has 1 atom stereocenters. The Morgan fingerprint density at radius 2 is 2.20 bits per heavy atom. The molecule has 0 aliphatic heterocycles. The van der Waals surface area contributed by atoms with Crippen LogP contribution in [0.2, 0.25) is 0 Å². The van der Waals surface area contributed by atoms with Crippen molar-refractivity contribution in [1.82, 2.24) is 0 Å². The molecule has 0 saturated heterocycles. The minimum absolute atomic E-state index is 0.103. The molecule has 1 unspecified atom stereocenters. The van der Waals surface area contributed by atoms with Gasteiger partial charge in [-0.25, -0.2) is 0 Å². The van der Waals surface area contributed by atoms with E-state index in [4.69, 9.17) is 10.8 Å². The number of nitrogens with two attached hydrogens (primary N) is 1. The van der Waals surface area contributed by atoms with E-state index in [0.29, 0.717) is 6.42 Å². The van der Waals surface area contributed by atoms with Gasteiger partial charge in [0, 0.05) is 11.8 Å². The second kappa shape index (κ2) is 5.56. The van der Waals surface area contributed by atoms with Gasteiger partial charge in [-0.15, -0.1) is 0 Å². The summed E-state index contributed by atoms with van der Waals surface area (Å²) in [6.45, 7) is 0. The highest BCUT2D eigenvalue weighted by molar-refractivity contribution is 7.80. The van der Waals surface area contributed by atoms with Gasteiger partial charge in [-0.1, -0.05) is 6.42 Å². The Labute approximate surface area is 66.0 Å². The lowest BCUT2D eigenvalue weighted by atomic mass is 10.2. The zero-order valence-corrected chi connectivity index (χ0v) is 6.68. The third-order valence-corrected chi connectivity index (χ3v) is 1.40. The van der Waals surface area contributed by atoms with Crippen molar-refractivity contribution in [2.24, 2.45) is 5.73 Å². The highest BCUT2D eigenvalue weighted by Gasteiger charge is 1.98. The predicted molar refractivity (Wildman–Crippen MR) is 43.1 cm³/mol. The third kappa shape index (κ3) is 7.78. The highest BCUT2D eigenvalue weighted by atomic mass is 32.1. The lowest BCUT2D eigenvalue weighted by Gasteiger charge is -2.00. The minimum Gasteiger partial charge on any atom is -0.481 e. The summed E-state index contributed by atoms with van der Waals surface area (Å²) in [5.41, 5.74) is 5.33. The molecule has 0 amide bonds.